The number of imide groups is 1. The van der Waals surface area contributed by atoms with Gasteiger partial charge in [-0.25, -0.2) is 4.79 Å². The molecule has 5 amide bonds. The first-order valence-electron chi connectivity index (χ1n) is 8.50. The van der Waals surface area contributed by atoms with Crippen LogP contribution in [0.4, 0.5) is 4.79 Å². The summed E-state index contributed by atoms with van der Waals surface area (Å²) in [4.78, 5) is 51.3. The first kappa shape index (κ1) is 19.4. The molecule has 1 aliphatic heterocycles. The standard InChI is InChI=1S/C18H24N4O4/c1-4-10-18(13-8-6-5-7-9-13)16(25)22(17(26)20-18)12-15(24)21(3)11-14(23)19-2/h5-9H,4,10-12H2,1-3H3,(H,19,23)(H,20,26)/t18-/m0/s1. The lowest BCUT2D eigenvalue weighted by atomic mass is 9.85. The summed E-state index contributed by atoms with van der Waals surface area (Å²) in [6, 6.07) is 8.41. The molecular formula is C18H24N4O4. The smallest absolute Gasteiger partial charge is 0.325 e. The number of hydrogen-bond acceptors (Lipinski definition) is 4. The number of urea groups is 1. The largest absolute Gasteiger partial charge is 0.358 e. The highest BCUT2D eigenvalue weighted by Gasteiger charge is 2.52. The average Bonchev–Trinajstić information content (AvgIpc) is 2.87. The average molecular weight is 360 g/mol. The molecule has 1 atom stereocenters. The SMILES string of the molecule is CCC[C@@]1(c2ccccc2)NC(=O)N(CC(=O)N(C)CC(=O)NC)C1=O. The summed E-state index contributed by atoms with van der Waals surface area (Å²) in [5, 5.41) is 5.19. The van der Waals surface area contributed by atoms with Gasteiger partial charge in [-0.3, -0.25) is 19.3 Å². The Balaban J connectivity index is 2.21. The highest BCUT2D eigenvalue weighted by atomic mass is 16.2. The third-order valence-electron chi connectivity index (χ3n) is 4.45. The van der Waals surface area contributed by atoms with Gasteiger partial charge in [0.1, 0.15) is 12.1 Å². The molecule has 2 N–H and O–H groups in total. The minimum Gasteiger partial charge on any atom is -0.358 e. The monoisotopic (exact) mass is 360 g/mol. The Morgan fingerprint density at radius 3 is 2.46 bits per heavy atom. The van der Waals surface area contributed by atoms with E-state index in [0.29, 0.717) is 18.4 Å². The van der Waals surface area contributed by atoms with Crippen molar-refractivity contribution in [3.8, 4) is 0 Å². The van der Waals surface area contributed by atoms with Crippen molar-refractivity contribution in [2.24, 2.45) is 0 Å². The normalized spacial score (nSPS) is 19.3. The lowest BCUT2D eigenvalue weighted by Gasteiger charge is -2.27. The number of nitrogens with zero attached hydrogens (tertiary/aromatic N) is 2. The van der Waals surface area contributed by atoms with Crippen molar-refractivity contribution in [1.29, 1.82) is 0 Å². The van der Waals surface area contributed by atoms with Crippen molar-refractivity contribution in [2.45, 2.75) is 25.3 Å². The van der Waals surface area contributed by atoms with Crippen LogP contribution in [0.15, 0.2) is 30.3 Å². The number of carbonyl (C=O) groups excluding carboxylic acids is 4. The lowest BCUT2D eigenvalue weighted by molar-refractivity contribution is -0.140. The van der Waals surface area contributed by atoms with Crippen molar-refractivity contribution in [3.63, 3.8) is 0 Å². The highest BCUT2D eigenvalue weighted by Crippen LogP contribution is 2.33. The maximum absolute atomic E-state index is 13.1. The number of nitrogens with one attached hydrogen (secondary N) is 2. The molecule has 1 heterocycles. The molecule has 1 fully saturated rings. The predicted molar refractivity (Wildman–Crippen MR) is 95.0 cm³/mol. The van der Waals surface area contributed by atoms with Crippen LogP contribution in [0.3, 0.4) is 0 Å². The predicted octanol–water partition coefficient (Wildman–Crippen LogP) is 0.438. The molecule has 2 rings (SSSR count). The second kappa shape index (κ2) is 7.99. The van der Waals surface area contributed by atoms with Crippen molar-refractivity contribution < 1.29 is 19.2 Å². The summed E-state index contributed by atoms with van der Waals surface area (Å²) in [6.07, 6.45) is 1.11. The zero-order chi connectivity index (χ0) is 19.3. The van der Waals surface area contributed by atoms with Crippen molar-refractivity contribution in [1.82, 2.24) is 20.4 Å². The Hall–Kier alpha value is -2.90. The molecule has 1 saturated heterocycles. The zero-order valence-corrected chi connectivity index (χ0v) is 15.2. The molecule has 1 aromatic carbocycles. The van der Waals surface area contributed by atoms with Gasteiger partial charge >= 0.3 is 6.03 Å². The van der Waals surface area contributed by atoms with Gasteiger partial charge in [0.25, 0.3) is 5.91 Å². The van der Waals surface area contributed by atoms with E-state index in [2.05, 4.69) is 10.6 Å². The summed E-state index contributed by atoms with van der Waals surface area (Å²) in [6.45, 7) is 1.38. The molecule has 0 spiro atoms. The lowest BCUT2D eigenvalue weighted by Crippen LogP contribution is -2.46. The van der Waals surface area contributed by atoms with E-state index in [1.165, 1.54) is 19.0 Å². The molecule has 0 aromatic heterocycles. The number of hydrogen-bond donors (Lipinski definition) is 2. The summed E-state index contributed by atoms with van der Waals surface area (Å²) in [7, 11) is 2.92. The third kappa shape index (κ3) is 3.68. The van der Waals surface area contributed by atoms with E-state index in [1.54, 1.807) is 24.3 Å². The first-order chi connectivity index (χ1) is 12.4. The molecule has 8 nitrogen and oxygen atoms in total. The van der Waals surface area contributed by atoms with E-state index >= 15 is 0 Å². The minimum atomic E-state index is -1.16. The first-order valence-corrected chi connectivity index (χ1v) is 8.50. The van der Waals surface area contributed by atoms with Gasteiger partial charge in [-0.1, -0.05) is 43.7 Å². The van der Waals surface area contributed by atoms with Crippen molar-refractivity contribution >= 4 is 23.8 Å². The second-order valence-corrected chi connectivity index (χ2v) is 6.27. The fourth-order valence-electron chi connectivity index (χ4n) is 3.02. The molecule has 0 bridgehead atoms. The summed E-state index contributed by atoms with van der Waals surface area (Å²) in [5.41, 5.74) is -0.471. The number of carbonyl (C=O) groups is 4. The zero-order valence-electron chi connectivity index (χ0n) is 15.2. The summed E-state index contributed by atoms with van der Waals surface area (Å²) >= 11 is 0. The Morgan fingerprint density at radius 1 is 1.23 bits per heavy atom. The van der Waals surface area contributed by atoms with E-state index in [9.17, 15) is 19.2 Å². The molecule has 0 unspecified atom stereocenters. The van der Waals surface area contributed by atoms with Crippen LogP contribution in [0.2, 0.25) is 0 Å². The van der Waals surface area contributed by atoms with E-state index in [4.69, 9.17) is 0 Å². The molecule has 1 aromatic rings. The molecule has 0 saturated carbocycles. The van der Waals surface area contributed by atoms with E-state index in [0.717, 1.165) is 4.90 Å². The van der Waals surface area contributed by atoms with Gasteiger partial charge in [-0.15, -0.1) is 0 Å². The van der Waals surface area contributed by atoms with Crippen LogP contribution in [0.1, 0.15) is 25.3 Å². The molecule has 0 aliphatic carbocycles. The van der Waals surface area contributed by atoms with Crippen molar-refractivity contribution in [2.75, 3.05) is 27.2 Å². The Labute approximate surface area is 152 Å². The molecular weight excluding hydrogens is 336 g/mol. The quantitative estimate of drug-likeness (QED) is 0.689. The third-order valence-corrected chi connectivity index (χ3v) is 4.45. The number of rotatable bonds is 7. The Morgan fingerprint density at radius 2 is 1.88 bits per heavy atom. The van der Waals surface area contributed by atoms with Crippen LogP contribution in [0, 0.1) is 0 Å². The Kier molecular flexibility index (Phi) is 5.97. The molecule has 26 heavy (non-hydrogen) atoms. The van der Waals surface area contributed by atoms with E-state index in [1.807, 2.05) is 13.0 Å². The van der Waals surface area contributed by atoms with Gasteiger partial charge in [0.2, 0.25) is 11.8 Å². The molecule has 140 valence electrons. The van der Waals surface area contributed by atoms with Crippen LogP contribution < -0.4 is 10.6 Å². The van der Waals surface area contributed by atoms with Crippen LogP contribution in [0.5, 0.6) is 0 Å². The highest BCUT2D eigenvalue weighted by molar-refractivity contribution is 6.09. The van der Waals surface area contributed by atoms with E-state index < -0.39 is 29.9 Å². The minimum absolute atomic E-state index is 0.141. The molecule has 1 aliphatic rings. The fraction of sp³-hybridized carbons (Fsp3) is 0.444. The van der Waals surface area contributed by atoms with Gasteiger partial charge in [0, 0.05) is 14.1 Å². The van der Waals surface area contributed by atoms with Gasteiger partial charge in [0.05, 0.1) is 6.54 Å². The fourth-order valence-corrected chi connectivity index (χ4v) is 3.02. The van der Waals surface area contributed by atoms with E-state index in [-0.39, 0.29) is 12.5 Å². The summed E-state index contributed by atoms with van der Waals surface area (Å²) in [5.74, 6) is -1.27. The second-order valence-electron chi connectivity index (χ2n) is 6.27. The van der Waals surface area contributed by atoms with Crippen LogP contribution in [0.25, 0.3) is 0 Å². The van der Waals surface area contributed by atoms with Crippen LogP contribution in [-0.4, -0.2) is 60.7 Å². The number of amides is 5. The van der Waals surface area contributed by atoms with Gasteiger partial charge in [-0.05, 0) is 12.0 Å². The van der Waals surface area contributed by atoms with Gasteiger partial charge in [-0.2, -0.15) is 0 Å². The molecule has 8 heteroatoms. The van der Waals surface area contributed by atoms with Crippen molar-refractivity contribution in [3.05, 3.63) is 35.9 Å². The maximum Gasteiger partial charge on any atom is 0.325 e. The molecule has 0 radical (unpaired) electrons. The topological polar surface area (TPSA) is 98.8 Å². The van der Waals surface area contributed by atoms with Crippen LogP contribution in [-0.2, 0) is 19.9 Å². The van der Waals surface area contributed by atoms with Gasteiger partial charge < -0.3 is 15.5 Å². The van der Waals surface area contributed by atoms with Gasteiger partial charge in [0.15, 0.2) is 0 Å². The number of benzene rings is 1. The van der Waals surface area contributed by atoms with Crippen LogP contribution >= 0.6 is 0 Å². The Bertz CT molecular complexity index is 706. The number of likely N-dealkylation sites (N-methyl/N-ethyl adjacent to an activating group) is 2. The summed E-state index contributed by atoms with van der Waals surface area (Å²) < 4.78 is 0. The maximum atomic E-state index is 13.1.